The molecule has 2 aromatic carbocycles. The first-order valence-corrected chi connectivity index (χ1v) is 9.74. The van der Waals surface area contributed by atoms with E-state index < -0.39 is 0 Å². The highest BCUT2D eigenvalue weighted by atomic mass is 16.5. The van der Waals surface area contributed by atoms with Crippen LogP contribution in [0.4, 0.5) is 0 Å². The van der Waals surface area contributed by atoms with Gasteiger partial charge in [0, 0.05) is 39.1 Å². The average molecular weight is 380 g/mol. The highest BCUT2D eigenvalue weighted by Gasteiger charge is 2.25. The molecule has 1 saturated heterocycles. The SMILES string of the molecule is CCC(=O)N1CCC(NC(=NC)NCc2ccc(Oc3ccccc3)cc2)C1. The van der Waals surface area contributed by atoms with Gasteiger partial charge in [-0.05, 0) is 36.2 Å². The van der Waals surface area contributed by atoms with Crippen LogP contribution in [0.5, 0.6) is 11.5 Å². The van der Waals surface area contributed by atoms with Gasteiger partial charge in [-0.25, -0.2) is 0 Å². The molecule has 0 saturated carbocycles. The van der Waals surface area contributed by atoms with Crippen molar-refractivity contribution in [3.05, 3.63) is 60.2 Å². The number of guanidine groups is 1. The highest BCUT2D eigenvalue weighted by molar-refractivity contribution is 5.80. The van der Waals surface area contributed by atoms with Gasteiger partial charge in [0.1, 0.15) is 11.5 Å². The fourth-order valence-corrected chi connectivity index (χ4v) is 3.20. The third-order valence-corrected chi connectivity index (χ3v) is 4.77. The predicted molar refractivity (Wildman–Crippen MR) is 112 cm³/mol. The number of rotatable bonds is 6. The Balaban J connectivity index is 1.47. The van der Waals surface area contributed by atoms with Gasteiger partial charge < -0.3 is 20.3 Å². The number of carbonyl (C=O) groups is 1. The molecule has 2 N–H and O–H groups in total. The second-order valence-corrected chi connectivity index (χ2v) is 6.81. The lowest BCUT2D eigenvalue weighted by Crippen LogP contribution is -2.44. The normalized spacial score (nSPS) is 16.7. The predicted octanol–water partition coefficient (Wildman–Crippen LogP) is 3.15. The molecular weight excluding hydrogens is 352 g/mol. The van der Waals surface area contributed by atoms with Crippen LogP contribution in [0.15, 0.2) is 59.6 Å². The van der Waals surface area contributed by atoms with Crippen molar-refractivity contribution < 1.29 is 9.53 Å². The number of amides is 1. The van der Waals surface area contributed by atoms with Gasteiger partial charge in [0.15, 0.2) is 5.96 Å². The van der Waals surface area contributed by atoms with Crippen molar-refractivity contribution in [2.45, 2.75) is 32.4 Å². The van der Waals surface area contributed by atoms with Crippen LogP contribution in [0.2, 0.25) is 0 Å². The van der Waals surface area contributed by atoms with E-state index in [2.05, 4.69) is 15.6 Å². The lowest BCUT2D eigenvalue weighted by molar-refractivity contribution is -0.129. The van der Waals surface area contributed by atoms with E-state index in [1.54, 1.807) is 7.05 Å². The van der Waals surface area contributed by atoms with Gasteiger partial charge in [-0.15, -0.1) is 0 Å². The summed E-state index contributed by atoms with van der Waals surface area (Å²) in [6.45, 7) is 4.11. The number of nitrogens with one attached hydrogen (secondary N) is 2. The number of benzene rings is 2. The summed E-state index contributed by atoms with van der Waals surface area (Å²) in [7, 11) is 1.76. The molecule has 6 nitrogen and oxygen atoms in total. The Hall–Kier alpha value is -3.02. The molecule has 1 heterocycles. The molecular formula is C22H28N4O2. The number of hydrogen-bond donors (Lipinski definition) is 2. The topological polar surface area (TPSA) is 66.0 Å². The molecule has 0 bridgehead atoms. The molecule has 1 unspecified atom stereocenters. The fraction of sp³-hybridized carbons (Fsp3) is 0.364. The van der Waals surface area contributed by atoms with Gasteiger partial charge in [-0.1, -0.05) is 37.3 Å². The standard InChI is InChI=1S/C22H28N4O2/c1-3-21(27)26-14-13-18(16-26)25-22(23-2)24-15-17-9-11-20(12-10-17)28-19-7-5-4-6-8-19/h4-12,18H,3,13-16H2,1-2H3,(H2,23,24,25). The van der Waals surface area contributed by atoms with E-state index in [-0.39, 0.29) is 11.9 Å². The second-order valence-electron chi connectivity index (χ2n) is 6.81. The fourth-order valence-electron chi connectivity index (χ4n) is 3.20. The zero-order valence-electron chi connectivity index (χ0n) is 16.5. The number of ether oxygens (including phenoxy) is 1. The maximum Gasteiger partial charge on any atom is 0.222 e. The highest BCUT2D eigenvalue weighted by Crippen LogP contribution is 2.21. The maximum atomic E-state index is 11.8. The summed E-state index contributed by atoms with van der Waals surface area (Å²) in [4.78, 5) is 18.0. The molecule has 0 aliphatic carbocycles. The average Bonchev–Trinajstić information content (AvgIpc) is 3.21. The molecule has 1 atom stereocenters. The van der Waals surface area contributed by atoms with E-state index in [1.165, 1.54) is 0 Å². The van der Waals surface area contributed by atoms with Crippen LogP contribution in [-0.2, 0) is 11.3 Å². The smallest absolute Gasteiger partial charge is 0.222 e. The van der Waals surface area contributed by atoms with Crippen molar-refractivity contribution in [1.29, 1.82) is 0 Å². The Morgan fingerprint density at radius 1 is 1.14 bits per heavy atom. The van der Waals surface area contributed by atoms with Crippen LogP contribution >= 0.6 is 0 Å². The summed E-state index contributed by atoms with van der Waals surface area (Å²) in [6.07, 6.45) is 1.50. The Bertz CT molecular complexity index is 790. The van der Waals surface area contributed by atoms with Gasteiger partial charge in [-0.3, -0.25) is 9.79 Å². The van der Waals surface area contributed by atoms with E-state index in [4.69, 9.17) is 4.74 Å². The molecule has 1 amide bonds. The zero-order valence-corrected chi connectivity index (χ0v) is 16.5. The zero-order chi connectivity index (χ0) is 19.8. The molecule has 0 spiro atoms. The lowest BCUT2D eigenvalue weighted by atomic mass is 10.2. The van der Waals surface area contributed by atoms with Gasteiger partial charge >= 0.3 is 0 Å². The third kappa shape index (κ3) is 5.49. The quantitative estimate of drug-likeness (QED) is 0.597. The first-order valence-electron chi connectivity index (χ1n) is 9.74. The number of aliphatic imine (C=N–C) groups is 1. The Labute approximate surface area is 166 Å². The molecule has 0 aromatic heterocycles. The Morgan fingerprint density at radius 3 is 2.54 bits per heavy atom. The number of para-hydroxylation sites is 1. The molecule has 0 radical (unpaired) electrons. The van der Waals surface area contributed by atoms with Crippen molar-refractivity contribution in [3.63, 3.8) is 0 Å². The number of nitrogens with zero attached hydrogens (tertiary/aromatic N) is 2. The third-order valence-electron chi connectivity index (χ3n) is 4.77. The lowest BCUT2D eigenvalue weighted by Gasteiger charge is -2.18. The second kappa shape index (κ2) is 9.78. The minimum absolute atomic E-state index is 0.213. The summed E-state index contributed by atoms with van der Waals surface area (Å²) in [5.74, 6) is 2.60. The molecule has 1 aliphatic heterocycles. The Morgan fingerprint density at radius 2 is 1.86 bits per heavy atom. The van der Waals surface area contributed by atoms with Crippen molar-refractivity contribution in [2.75, 3.05) is 20.1 Å². The van der Waals surface area contributed by atoms with Crippen molar-refractivity contribution in [2.24, 2.45) is 4.99 Å². The van der Waals surface area contributed by atoms with Crippen LogP contribution in [0.25, 0.3) is 0 Å². The molecule has 2 aromatic rings. The summed E-state index contributed by atoms with van der Waals surface area (Å²) in [6, 6.07) is 18.0. The van der Waals surface area contributed by atoms with Crippen LogP contribution in [0.1, 0.15) is 25.3 Å². The molecule has 28 heavy (non-hydrogen) atoms. The minimum Gasteiger partial charge on any atom is -0.457 e. The number of likely N-dealkylation sites (tertiary alicyclic amines) is 1. The van der Waals surface area contributed by atoms with Gasteiger partial charge in [0.25, 0.3) is 0 Å². The number of hydrogen-bond acceptors (Lipinski definition) is 3. The van der Waals surface area contributed by atoms with E-state index in [0.717, 1.165) is 42.5 Å². The largest absolute Gasteiger partial charge is 0.457 e. The monoisotopic (exact) mass is 380 g/mol. The van der Waals surface area contributed by atoms with Gasteiger partial charge in [-0.2, -0.15) is 0 Å². The summed E-state index contributed by atoms with van der Waals surface area (Å²) < 4.78 is 5.82. The van der Waals surface area contributed by atoms with E-state index in [1.807, 2.05) is 66.4 Å². The van der Waals surface area contributed by atoms with E-state index in [9.17, 15) is 4.79 Å². The van der Waals surface area contributed by atoms with Gasteiger partial charge in [0.05, 0.1) is 0 Å². The van der Waals surface area contributed by atoms with Crippen LogP contribution in [0.3, 0.4) is 0 Å². The van der Waals surface area contributed by atoms with Crippen LogP contribution in [0, 0.1) is 0 Å². The maximum absolute atomic E-state index is 11.8. The molecule has 1 fully saturated rings. The Kier molecular flexibility index (Phi) is 6.89. The van der Waals surface area contributed by atoms with Crippen LogP contribution < -0.4 is 15.4 Å². The molecule has 6 heteroatoms. The van der Waals surface area contributed by atoms with E-state index >= 15 is 0 Å². The summed E-state index contributed by atoms with van der Waals surface area (Å²) in [5.41, 5.74) is 1.14. The first-order chi connectivity index (χ1) is 13.7. The molecule has 148 valence electrons. The summed E-state index contributed by atoms with van der Waals surface area (Å²) in [5, 5.41) is 6.74. The van der Waals surface area contributed by atoms with Crippen molar-refractivity contribution in [3.8, 4) is 11.5 Å². The van der Waals surface area contributed by atoms with Crippen molar-refractivity contribution in [1.82, 2.24) is 15.5 Å². The molecule has 1 aliphatic rings. The summed E-state index contributed by atoms with van der Waals surface area (Å²) >= 11 is 0. The van der Waals surface area contributed by atoms with Crippen molar-refractivity contribution >= 4 is 11.9 Å². The van der Waals surface area contributed by atoms with Crippen LogP contribution in [-0.4, -0.2) is 42.9 Å². The van der Waals surface area contributed by atoms with Gasteiger partial charge in [0.2, 0.25) is 5.91 Å². The first kappa shape index (κ1) is 19.7. The number of carbonyl (C=O) groups excluding carboxylic acids is 1. The van der Waals surface area contributed by atoms with E-state index in [0.29, 0.717) is 13.0 Å². The minimum atomic E-state index is 0.213. The molecule has 3 rings (SSSR count).